The first-order valence-corrected chi connectivity index (χ1v) is 8.24. The second-order valence-corrected chi connectivity index (χ2v) is 6.47. The Hall–Kier alpha value is -0.720. The summed E-state index contributed by atoms with van der Waals surface area (Å²) in [5.74, 6) is 1.92. The van der Waals surface area contributed by atoms with Crippen molar-refractivity contribution < 1.29 is 18.3 Å². The molecule has 2 N–H and O–H groups in total. The van der Waals surface area contributed by atoms with E-state index in [2.05, 4.69) is 5.32 Å². The van der Waals surface area contributed by atoms with Crippen LogP contribution in [0.3, 0.4) is 0 Å². The third-order valence-electron chi connectivity index (χ3n) is 3.49. The van der Waals surface area contributed by atoms with Crippen molar-refractivity contribution in [2.75, 3.05) is 18.1 Å². The van der Waals surface area contributed by atoms with Gasteiger partial charge in [-0.2, -0.15) is 11.8 Å². The van der Waals surface area contributed by atoms with E-state index in [4.69, 9.17) is 0 Å². The van der Waals surface area contributed by atoms with E-state index in [0.717, 1.165) is 11.7 Å². The van der Waals surface area contributed by atoms with Gasteiger partial charge in [0.25, 0.3) is 6.43 Å². The van der Waals surface area contributed by atoms with Crippen LogP contribution in [-0.4, -0.2) is 35.7 Å². The fourth-order valence-corrected chi connectivity index (χ4v) is 3.34. The number of aliphatic hydroxyl groups excluding tert-OH is 1. The second kappa shape index (κ2) is 8.06. The number of hydrogen-bond donors (Lipinski definition) is 2. The predicted octanol–water partition coefficient (Wildman–Crippen LogP) is 3.23. The topological polar surface area (TPSA) is 32.3 Å². The molecular weight excluding hydrogens is 299 g/mol. The molecule has 21 heavy (non-hydrogen) atoms. The third kappa shape index (κ3) is 5.52. The molecule has 0 bridgehead atoms. The van der Waals surface area contributed by atoms with Gasteiger partial charge >= 0.3 is 0 Å². The number of hydrogen-bond acceptors (Lipinski definition) is 3. The first-order chi connectivity index (χ1) is 10.1. The molecule has 2 atom stereocenters. The minimum atomic E-state index is -2.61. The molecule has 1 aliphatic rings. The molecule has 0 heterocycles. The Kier molecular flexibility index (Phi) is 6.39. The van der Waals surface area contributed by atoms with Gasteiger partial charge in [0.2, 0.25) is 0 Å². The van der Waals surface area contributed by atoms with E-state index in [1.807, 2.05) is 0 Å². The van der Waals surface area contributed by atoms with Gasteiger partial charge in [-0.05, 0) is 42.2 Å². The number of nitrogens with one attached hydrogen (secondary N) is 1. The Morgan fingerprint density at radius 1 is 1.24 bits per heavy atom. The van der Waals surface area contributed by atoms with Crippen molar-refractivity contribution in [1.82, 2.24) is 5.32 Å². The van der Waals surface area contributed by atoms with E-state index in [1.54, 1.807) is 11.8 Å². The van der Waals surface area contributed by atoms with Crippen LogP contribution in [-0.2, 0) is 0 Å². The van der Waals surface area contributed by atoms with Gasteiger partial charge in [0.1, 0.15) is 5.82 Å². The highest BCUT2D eigenvalue weighted by Crippen LogP contribution is 2.32. The lowest BCUT2D eigenvalue weighted by molar-refractivity contribution is 0.0872. The number of thioether (sulfide) groups is 1. The molecule has 1 aromatic rings. The minimum Gasteiger partial charge on any atom is -0.395 e. The number of aliphatic hydroxyl groups is 1. The molecule has 0 radical (unpaired) electrons. The van der Waals surface area contributed by atoms with Gasteiger partial charge in [0.05, 0.1) is 12.6 Å². The highest BCUT2D eigenvalue weighted by molar-refractivity contribution is 7.99. The molecule has 118 valence electrons. The Bertz CT molecular complexity index is 425. The van der Waals surface area contributed by atoms with Gasteiger partial charge < -0.3 is 5.11 Å². The van der Waals surface area contributed by atoms with E-state index in [0.29, 0.717) is 11.3 Å². The summed E-state index contributed by atoms with van der Waals surface area (Å²) in [5.41, 5.74) is 0.331. The van der Waals surface area contributed by atoms with Gasteiger partial charge in [0, 0.05) is 11.8 Å². The summed E-state index contributed by atoms with van der Waals surface area (Å²) in [6.45, 7) is -0.192. The predicted molar refractivity (Wildman–Crippen MR) is 79.2 cm³/mol. The smallest absolute Gasteiger partial charge is 0.257 e. The molecule has 2 nitrogen and oxygen atoms in total. The fourth-order valence-electron chi connectivity index (χ4n) is 2.05. The highest BCUT2D eigenvalue weighted by atomic mass is 32.2. The average molecular weight is 319 g/mol. The average Bonchev–Trinajstić information content (AvgIpc) is 3.27. The summed E-state index contributed by atoms with van der Waals surface area (Å²) in [6.07, 6.45) is -0.114. The molecule has 0 unspecified atom stereocenters. The van der Waals surface area contributed by atoms with Crippen LogP contribution in [0.2, 0.25) is 0 Å². The van der Waals surface area contributed by atoms with E-state index in [-0.39, 0.29) is 6.61 Å². The van der Waals surface area contributed by atoms with Crippen molar-refractivity contribution in [2.24, 2.45) is 5.92 Å². The maximum atomic E-state index is 13.2. The van der Waals surface area contributed by atoms with Crippen LogP contribution >= 0.6 is 11.8 Å². The molecule has 1 saturated carbocycles. The van der Waals surface area contributed by atoms with Gasteiger partial charge in [-0.15, -0.1) is 0 Å². The molecule has 2 rings (SSSR count). The number of halogens is 3. The van der Waals surface area contributed by atoms with Gasteiger partial charge in [0.15, 0.2) is 0 Å². The second-order valence-electron chi connectivity index (χ2n) is 5.39. The zero-order valence-corrected chi connectivity index (χ0v) is 12.5. The molecule has 1 aliphatic carbocycles. The summed E-state index contributed by atoms with van der Waals surface area (Å²) >= 11 is 1.68. The zero-order valence-electron chi connectivity index (χ0n) is 11.6. The molecule has 1 fully saturated rings. The monoisotopic (exact) mass is 319 g/mol. The zero-order chi connectivity index (χ0) is 15.2. The SMILES string of the molecule is OC[C@H](CSCC1CC1)N[C@@H](c1ccc(F)cc1)C(F)F. The standard InChI is InChI=1S/C15H20F3NOS/c16-12-5-3-11(4-6-12)14(15(17)18)19-13(7-20)9-21-8-10-1-2-10/h3-6,10,13-15,19-20H,1-2,7-9H2/t13-,14+/m1/s1. The molecule has 0 aromatic heterocycles. The van der Waals surface area contributed by atoms with E-state index in [9.17, 15) is 18.3 Å². The van der Waals surface area contributed by atoms with Crippen LogP contribution in [0.4, 0.5) is 13.2 Å². The number of benzene rings is 1. The molecule has 0 amide bonds. The molecule has 0 saturated heterocycles. The van der Waals surface area contributed by atoms with Crippen molar-refractivity contribution in [1.29, 1.82) is 0 Å². The molecular formula is C15H20F3NOS. The first kappa shape index (κ1) is 16.6. The molecule has 6 heteroatoms. The normalized spacial score (nSPS) is 18.0. The van der Waals surface area contributed by atoms with E-state index in [1.165, 1.54) is 37.1 Å². The maximum Gasteiger partial charge on any atom is 0.257 e. The van der Waals surface area contributed by atoms with Crippen molar-refractivity contribution in [3.8, 4) is 0 Å². The number of alkyl halides is 2. The summed E-state index contributed by atoms with van der Waals surface area (Å²) in [4.78, 5) is 0. The molecule has 0 spiro atoms. The van der Waals surface area contributed by atoms with Crippen molar-refractivity contribution in [3.63, 3.8) is 0 Å². The first-order valence-electron chi connectivity index (χ1n) is 7.08. The van der Waals surface area contributed by atoms with Crippen molar-refractivity contribution in [2.45, 2.75) is 31.4 Å². The maximum absolute atomic E-state index is 13.2. The third-order valence-corrected chi connectivity index (χ3v) is 4.83. The van der Waals surface area contributed by atoms with E-state index >= 15 is 0 Å². The lowest BCUT2D eigenvalue weighted by atomic mass is 10.1. The van der Waals surface area contributed by atoms with Gasteiger partial charge in [-0.3, -0.25) is 5.32 Å². The summed E-state index contributed by atoms with van der Waals surface area (Å²) in [5, 5.41) is 12.1. The van der Waals surface area contributed by atoms with Gasteiger partial charge in [-0.25, -0.2) is 13.2 Å². The summed E-state index contributed by atoms with van der Waals surface area (Å²) < 4.78 is 39.3. The largest absolute Gasteiger partial charge is 0.395 e. The van der Waals surface area contributed by atoms with Crippen LogP contribution in [0, 0.1) is 11.7 Å². The Labute approximate surface area is 127 Å². The lowest BCUT2D eigenvalue weighted by Crippen LogP contribution is -2.40. The van der Waals surface area contributed by atoms with Crippen molar-refractivity contribution >= 4 is 11.8 Å². The van der Waals surface area contributed by atoms with Crippen LogP contribution in [0.15, 0.2) is 24.3 Å². The highest BCUT2D eigenvalue weighted by Gasteiger charge is 2.26. The quantitative estimate of drug-likeness (QED) is 0.733. The van der Waals surface area contributed by atoms with Crippen molar-refractivity contribution in [3.05, 3.63) is 35.6 Å². The van der Waals surface area contributed by atoms with Gasteiger partial charge in [-0.1, -0.05) is 12.1 Å². The molecule has 1 aromatic carbocycles. The van der Waals surface area contributed by atoms with E-state index < -0.39 is 24.3 Å². The number of rotatable bonds is 9. The summed E-state index contributed by atoms with van der Waals surface area (Å²) in [7, 11) is 0. The minimum absolute atomic E-state index is 0.192. The Morgan fingerprint density at radius 2 is 1.90 bits per heavy atom. The fraction of sp³-hybridized carbons (Fsp3) is 0.600. The molecule has 0 aliphatic heterocycles. The van der Waals surface area contributed by atoms with Crippen LogP contribution in [0.25, 0.3) is 0 Å². The lowest BCUT2D eigenvalue weighted by Gasteiger charge is -2.24. The van der Waals surface area contributed by atoms with Crippen LogP contribution in [0.1, 0.15) is 24.4 Å². The van der Waals surface area contributed by atoms with Crippen LogP contribution in [0.5, 0.6) is 0 Å². The summed E-state index contributed by atoms with van der Waals surface area (Å²) in [6, 6.07) is 3.46. The Balaban J connectivity index is 1.91. The van der Waals surface area contributed by atoms with Crippen LogP contribution < -0.4 is 5.32 Å². The Morgan fingerprint density at radius 3 is 2.43 bits per heavy atom.